The summed E-state index contributed by atoms with van der Waals surface area (Å²) >= 11 is 0. The molecule has 18 heavy (non-hydrogen) atoms. The SMILES string of the molecule is CCCCC(CC(=O)O)C(=O)Nc1ccccc1. The Morgan fingerprint density at radius 1 is 1.28 bits per heavy atom. The topological polar surface area (TPSA) is 66.4 Å². The Balaban J connectivity index is 2.60. The predicted molar refractivity (Wildman–Crippen MR) is 70.3 cm³/mol. The normalized spacial score (nSPS) is 11.8. The van der Waals surface area contributed by atoms with Crippen LogP contribution >= 0.6 is 0 Å². The number of carbonyl (C=O) groups excluding carboxylic acids is 1. The van der Waals surface area contributed by atoms with Gasteiger partial charge in [0.15, 0.2) is 0 Å². The van der Waals surface area contributed by atoms with E-state index >= 15 is 0 Å². The number of aliphatic carboxylic acids is 1. The fourth-order valence-corrected chi connectivity index (χ4v) is 1.75. The Kier molecular flexibility index (Phi) is 5.91. The number of amides is 1. The highest BCUT2D eigenvalue weighted by Gasteiger charge is 2.21. The van der Waals surface area contributed by atoms with Gasteiger partial charge in [0.2, 0.25) is 5.91 Å². The van der Waals surface area contributed by atoms with Crippen LogP contribution in [0.2, 0.25) is 0 Å². The molecule has 0 aromatic heterocycles. The molecule has 0 radical (unpaired) electrons. The minimum atomic E-state index is -0.931. The summed E-state index contributed by atoms with van der Waals surface area (Å²) in [7, 11) is 0. The number of carboxylic acids is 1. The number of carboxylic acid groups (broad SMARTS) is 1. The van der Waals surface area contributed by atoms with Gasteiger partial charge in [-0.3, -0.25) is 9.59 Å². The third kappa shape index (κ3) is 4.99. The van der Waals surface area contributed by atoms with E-state index < -0.39 is 11.9 Å². The third-order valence-corrected chi connectivity index (χ3v) is 2.74. The van der Waals surface area contributed by atoms with Crippen LogP contribution in [0.1, 0.15) is 32.6 Å². The Morgan fingerprint density at radius 2 is 1.94 bits per heavy atom. The van der Waals surface area contributed by atoms with Gasteiger partial charge in [0.1, 0.15) is 0 Å². The molecule has 0 fully saturated rings. The van der Waals surface area contributed by atoms with Crippen LogP contribution in [0.5, 0.6) is 0 Å². The van der Waals surface area contributed by atoms with Crippen molar-refractivity contribution in [1.82, 2.24) is 0 Å². The van der Waals surface area contributed by atoms with Crippen LogP contribution < -0.4 is 5.32 Å². The van der Waals surface area contributed by atoms with Crippen LogP contribution in [0.25, 0.3) is 0 Å². The Morgan fingerprint density at radius 3 is 2.50 bits per heavy atom. The minimum absolute atomic E-state index is 0.112. The maximum atomic E-state index is 12.0. The van der Waals surface area contributed by atoms with Gasteiger partial charge in [-0.25, -0.2) is 0 Å². The molecular weight excluding hydrogens is 230 g/mol. The molecule has 1 rings (SSSR count). The van der Waals surface area contributed by atoms with Gasteiger partial charge in [-0.2, -0.15) is 0 Å². The van der Waals surface area contributed by atoms with E-state index in [-0.39, 0.29) is 12.3 Å². The molecule has 1 amide bonds. The number of carbonyl (C=O) groups is 2. The Hall–Kier alpha value is -1.84. The van der Waals surface area contributed by atoms with Crippen molar-refractivity contribution < 1.29 is 14.7 Å². The average molecular weight is 249 g/mol. The van der Waals surface area contributed by atoms with Crippen LogP contribution in [0.15, 0.2) is 30.3 Å². The summed E-state index contributed by atoms with van der Waals surface area (Å²) in [5.41, 5.74) is 0.703. The molecular formula is C14H19NO3. The first-order chi connectivity index (χ1) is 8.63. The first-order valence-corrected chi connectivity index (χ1v) is 6.21. The number of rotatable bonds is 7. The van der Waals surface area contributed by atoms with Crippen LogP contribution in [-0.2, 0) is 9.59 Å². The van der Waals surface area contributed by atoms with E-state index in [2.05, 4.69) is 5.32 Å². The highest BCUT2D eigenvalue weighted by atomic mass is 16.4. The first-order valence-electron chi connectivity index (χ1n) is 6.21. The molecule has 0 aliphatic carbocycles. The van der Waals surface area contributed by atoms with Crippen molar-refractivity contribution in [3.63, 3.8) is 0 Å². The molecule has 1 aromatic rings. The lowest BCUT2D eigenvalue weighted by Gasteiger charge is -2.14. The lowest BCUT2D eigenvalue weighted by molar-refractivity contribution is -0.140. The van der Waals surface area contributed by atoms with Gasteiger partial charge in [-0.05, 0) is 18.6 Å². The van der Waals surface area contributed by atoms with Crippen LogP contribution in [0.4, 0.5) is 5.69 Å². The maximum absolute atomic E-state index is 12.0. The van der Waals surface area contributed by atoms with E-state index in [1.165, 1.54) is 0 Å². The standard InChI is InChI=1S/C14H19NO3/c1-2-3-7-11(10-13(16)17)14(18)15-12-8-5-4-6-9-12/h4-6,8-9,11H,2-3,7,10H2,1H3,(H,15,18)(H,16,17). The molecule has 4 nitrogen and oxygen atoms in total. The molecule has 0 bridgehead atoms. The van der Waals surface area contributed by atoms with Crippen LogP contribution in [-0.4, -0.2) is 17.0 Å². The summed E-state index contributed by atoms with van der Waals surface area (Å²) in [6.45, 7) is 2.02. The molecule has 0 aliphatic heterocycles. The second-order valence-corrected chi connectivity index (χ2v) is 4.29. The lowest BCUT2D eigenvalue weighted by Crippen LogP contribution is -2.25. The molecule has 0 spiro atoms. The van der Waals surface area contributed by atoms with Gasteiger partial charge in [-0.1, -0.05) is 38.0 Å². The smallest absolute Gasteiger partial charge is 0.304 e. The highest BCUT2D eigenvalue weighted by molar-refractivity contribution is 5.94. The van der Waals surface area contributed by atoms with Crippen molar-refractivity contribution in [2.45, 2.75) is 32.6 Å². The number of hydrogen-bond donors (Lipinski definition) is 2. The highest BCUT2D eigenvalue weighted by Crippen LogP contribution is 2.16. The summed E-state index contributed by atoms with van der Waals surface area (Å²) in [5, 5.41) is 11.6. The van der Waals surface area contributed by atoms with Crippen molar-refractivity contribution in [2.75, 3.05) is 5.32 Å². The number of hydrogen-bond acceptors (Lipinski definition) is 2. The van der Waals surface area contributed by atoms with E-state index in [4.69, 9.17) is 5.11 Å². The van der Waals surface area contributed by atoms with E-state index in [0.29, 0.717) is 12.1 Å². The fraction of sp³-hybridized carbons (Fsp3) is 0.429. The summed E-state index contributed by atoms with van der Waals surface area (Å²) in [6.07, 6.45) is 2.31. The van der Waals surface area contributed by atoms with Crippen molar-refractivity contribution in [1.29, 1.82) is 0 Å². The Bertz CT molecular complexity index is 389. The molecule has 2 N–H and O–H groups in total. The Labute approximate surface area is 107 Å². The van der Waals surface area contributed by atoms with Gasteiger partial charge in [-0.15, -0.1) is 0 Å². The van der Waals surface area contributed by atoms with Gasteiger partial charge >= 0.3 is 5.97 Å². The number of anilines is 1. The zero-order valence-corrected chi connectivity index (χ0v) is 10.6. The molecule has 4 heteroatoms. The predicted octanol–water partition coefficient (Wildman–Crippen LogP) is 2.91. The summed E-state index contributed by atoms with van der Waals surface area (Å²) in [6, 6.07) is 9.09. The lowest BCUT2D eigenvalue weighted by atomic mass is 9.97. The number of nitrogens with one attached hydrogen (secondary N) is 1. The summed E-state index contributed by atoms with van der Waals surface area (Å²) < 4.78 is 0. The molecule has 0 heterocycles. The second-order valence-electron chi connectivity index (χ2n) is 4.29. The van der Waals surface area contributed by atoms with E-state index in [1.54, 1.807) is 12.1 Å². The quantitative estimate of drug-likeness (QED) is 0.780. The molecule has 0 saturated carbocycles. The zero-order valence-electron chi connectivity index (χ0n) is 10.6. The summed E-state index contributed by atoms with van der Waals surface area (Å²) in [5.74, 6) is -1.60. The van der Waals surface area contributed by atoms with Crippen molar-refractivity contribution >= 4 is 17.6 Å². The number of unbranched alkanes of at least 4 members (excludes halogenated alkanes) is 1. The van der Waals surface area contributed by atoms with E-state index in [9.17, 15) is 9.59 Å². The van der Waals surface area contributed by atoms with Crippen LogP contribution in [0, 0.1) is 5.92 Å². The fourth-order valence-electron chi connectivity index (χ4n) is 1.75. The van der Waals surface area contributed by atoms with Gasteiger partial charge in [0, 0.05) is 11.6 Å². The largest absolute Gasteiger partial charge is 0.481 e. The van der Waals surface area contributed by atoms with Crippen molar-refractivity contribution in [3.8, 4) is 0 Å². The summed E-state index contributed by atoms with van der Waals surface area (Å²) in [4.78, 5) is 22.7. The molecule has 0 saturated heterocycles. The first kappa shape index (κ1) is 14.2. The average Bonchev–Trinajstić information content (AvgIpc) is 2.35. The van der Waals surface area contributed by atoms with Crippen molar-refractivity contribution in [3.05, 3.63) is 30.3 Å². The molecule has 1 unspecified atom stereocenters. The van der Waals surface area contributed by atoms with Crippen LogP contribution in [0.3, 0.4) is 0 Å². The van der Waals surface area contributed by atoms with Gasteiger partial charge < -0.3 is 10.4 Å². The van der Waals surface area contributed by atoms with E-state index in [1.807, 2.05) is 25.1 Å². The molecule has 1 aromatic carbocycles. The van der Waals surface area contributed by atoms with Gasteiger partial charge in [0.25, 0.3) is 0 Å². The number of benzene rings is 1. The zero-order chi connectivity index (χ0) is 13.4. The molecule has 1 atom stereocenters. The number of para-hydroxylation sites is 1. The van der Waals surface area contributed by atoms with Gasteiger partial charge in [0.05, 0.1) is 6.42 Å². The maximum Gasteiger partial charge on any atom is 0.304 e. The second kappa shape index (κ2) is 7.48. The third-order valence-electron chi connectivity index (χ3n) is 2.74. The monoisotopic (exact) mass is 249 g/mol. The molecule has 98 valence electrons. The molecule has 0 aliphatic rings. The minimum Gasteiger partial charge on any atom is -0.481 e. The van der Waals surface area contributed by atoms with Crippen molar-refractivity contribution in [2.24, 2.45) is 5.92 Å². The van der Waals surface area contributed by atoms with E-state index in [0.717, 1.165) is 12.8 Å².